The van der Waals surface area contributed by atoms with Gasteiger partial charge < -0.3 is 14.7 Å². The molecule has 0 radical (unpaired) electrons. The topological polar surface area (TPSA) is 49.8 Å². The van der Waals surface area contributed by atoms with Gasteiger partial charge in [-0.3, -0.25) is 4.79 Å². The Balaban J connectivity index is 2.05. The lowest BCUT2D eigenvalue weighted by Gasteiger charge is -2.35. The van der Waals surface area contributed by atoms with Crippen molar-refractivity contribution in [1.29, 1.82) is 0 Å². The number of carboxylic acid groups (broad SMARTS) is 1. The minimum absolute atomic E-state index is 0.165. The van der Waals surface area contributed by atoms with Gasteiger partial charge in [0.1, 0.15) is 5.75 Å². The van der Waals surface area contributed by atoms with Gasteiger partial charge in [-0.15, -0.1) is 0 Å². The standard InChI is InChI=1S/C15H21NO3/c1-16(13-5-3-4-6-14(13)19-2)12-9-7-11(8-10-12)15(17)18/h3-6,11-12H,7-10H2,1-2H3,(H,17,18). The number of para-hydroxylation sites is 2. The predicted octanol–water partition coefficient (Wildman–Crippen LogP) is 2.77. The van der Waals surface area contributed by atoms with E-state index >= 15 is 0 Å². The van der Waals surface area contributed by atoms with Gasteiger partial charge in [0.25, 0.3) is 0 Å². The fourth-order valence-electron chi connectivity index (χ4n) is 2.83. The summed E-state index contributed by atoms with van der Waals surface area (Å²) >= 11 is 0. The molecule has 1 saturated carbocycles. The van der Waals surface area contributed by atoms with E-state index in [0.717, 1.165) is 37.1 Å². The molecule has 0 saturated heterocycles. The number of benzene rings is 1. The second-order valence-corrected chi connectivity index (χ2v) is 5.13. The third kappa shape index (κ3) is 3.00. The molecule has 19 heavy (non-hydrogen) atoms. The summed E-state index contributed by atoms with van der Waals surface area (Å²) in [5.74, 6) is 0.0473. The molecule has 0 aromatic heterocycles. The summed E-state index contributed by atoms with van der Waals surface area (Å²) in [6.07, 6.45) is 3.37. The Bertz CT molecular complexity index is 439. The fourth-order valence-corrected chi connectivity index (χ4v) is 2.83. The van der Waals surface area contributed by atoms with Crippen LogP contribution in [0, 0.1) is 5.92 Å². The van der Waals surface area contributed by atoms with Crippen LogP contribution in [0.15, 0.2) is 24.3 Å². The Morgan fingerprint density at radius 2 is 1.89 bits per heavy atom. The third-order valence-electron chi connectivity index (χ3n) is 4.06. The van der Waals surface area contributed by atoms with Gasteiger partial charge >= 0.3 is 5.97 Å². The van der Waals surface area contributed by atoms with Crippen LogP contribution in [0.2, 0.25) is 0 Å². The van der Waals surface area contributed by atoms with Crippen LogP contribution in [-0.2, 0) is 4.79 Å². The van der Waals surface area contributed by atoms with Crippen LogP contribution in [-0.4, -0.2) is 31.3 Å². The molecular weight excluding hydrogens is 242 g/mol. The first-order chi connectivity index (χ1) is 9.13. The van der Waals surface area contributed by atoms with E-state index in [1.807, 2.05) is 24.3 Å². The van der Waals surface area contributed by atoms with Crippen molar-refractivity contribution in [1.82, 2.24) is 0 Å². The average molecular weight is 263 g/mol. The molecule has 1 fully saturated rings. The first-order valence-electron chi connectivity index (χ1n) is 6.72. The zero-order valence-electron chi connectivity index (χ0n) is 11.5. The largest absolute Gasteiger partial charge is 0.495 e. The SMILES string of the molecule is COc1ccccc1N(C)C1CCC(C(=O)O)CC1. The number of methoxy groups -OCH3 is 1. The van der Waals surface area contributed by atoms with Gasteiger partial charge in [0, 0.05) is 13.1 Å². The lowest BCUT2D eigenvalue weighted by atomic mass is 9.85. The van der Waals surface area contributed by atoms with Gasteiger partial charge in [0.05, 0.1) is 18.7 Å². The Labute approximate surface area is 114 Å². The molecule has 104 valence electrons. The molecule has 4 heteroatoms. The maximum Gasteiger partial charge on any atom is 0.306 e. The Morgan fingerprint density at radius 3 is 2.47 bits per heavy atom. The number of nitrogens with zero attached hydrogens (tertiary/aromatic N) is 1. The van der Waals surface area contributed by atoms with Crippen LogP contribution in [0.1, 0.15) is 25.7 Å². The molecule has 2 rings (SSSR count). The molecular formula is C15H21NO3. The molecule has 0 unspecified atom stereocenters. The molecule has 0 atom stereocenters. The van der Waals surface area contributed by atoms with E-state index in [1.165, 1.54) is 0 Å². The minimum atomic E-state index is -0.654. The Kier molecular flexibility index (Phi) is 4.30. The van der Waals surface area contributed by atoms with Gasteiger partial charge in [0.2, 0.25) is 0 Å². The summed E-state index contributed by atoms with van der Waals surface area (Å²) in [7, 11) is 3.73. The highest BCUT2D eigenvalue weighted by molar-refractivity contribution is 5.70. The van der Waals surface area contributed by atoms with Crippen molar-refractivity contribution in [2.75, 3.05) is 19.1 Å². The van der Waals surface area contributed by atoms with Gasteiger partial charge in [-0.05, 0) is 37.8 Å². The highest BCUT2D eigenvalue weighted by Crippen LogP contribution is 2.34. The minimum Gasteiger partial charge on any atom is -0.495 e. The smallest absolute Gasteiger partial charge is 0.306 e. The molecule has 0 heterocycles. The number of carbonyl (C=O) groups is 1. The van der Waals surface area contributed by atoms with Crippen LogP contribution < -0.4 is 9.64 Å². The summed E-state index contributed by atoms with van der Waals surface area (Å²) in [4.78, 5) is 13.2. The molecule has 1 aliphatic rings. The zero-order valence-corrected chi connectivity index (χ0v) is 11.5. The molecule has 0 aliphatic heterocycles. The van der Waals surface area contributed by atoms with Crippen molar-refractivity contribution in [3.05, 3.63) is 24.3 Å². The maximum absolute atomic E-state index is 11.0. The number of ether oxygens (including phenoxy) is 1. The van der Waals surface area contributed by atoms with Crippen molar-refractivity contribution in [2.24, 2.45) is 5.92 Å². The zero-order chi connectivity index (χ0) is 13.8. The van der Waals surface area contributed by atoms with E-state index in [4.69, 9.17) is 9.84 Å². The van der Waals surface area contributed by atoms with Crippen molar-refractivity contribution < 1.29 is 14.6 Å². The number of hydrogen-bond donors (Lipinski definition) is 1. The number of anilines is 1. The molecule has 1 aliphatic carbocycles. The van der Waals surface area contributed by atoms with Crippen molar-refractivity contribution >= 4 is 11.7 Å². The number of hydrogen-bond acceptors (Lipinski definition) is 3. The average Bonchev–Trinajstić information content (AvgIpc) is 2.46. The summed E-state index contributed by atoms with van der Waals surface area (Å²) in [6, 6.07) is 8.35. The third-order valence-corrected chi connectivity index (χ3v) is 4.06. The number of aliphatic carboxylic acids is 1. The van der Waals surface area contributed by atoms with Crippen LogP contribution in [0.3, 0.4) is 0 Å². The highest BCUT2D eigenvalue weighted by atomic mass is 16.5. The highest BCUT2D eigenvalue weighted by Gasteiger charge is 2.28. The molecule has 0 bridgehead atoms. The van der Waals surface area contributed by atoms with Crippen molar-refractivity contribution in [2.45, 2.75) is 31.7 Å². The molecule has 1 N–H and O–H groups in total. The van der Waals surface area contributed by atoms with E-state index in [9.17, 15) is 4.79 Å². The lowest BCUT2D eigenvalue weighted by Crippen LogP contribution is -2.36. The van der Waals surface area contributed by atoms with E-state index in [0.29, 0.717) is 6.04 Å². The van der Waals surface area contributed by atoms with Crippen LogP contribution in [0.5, 0.6) is 5.75 Å². The van der Waals surface area contributed by atoms with E-state index in [-0.39, 0.29) is 5.92 Å². The summed E-state index contributed by atoms with van der Waals surface area (Å²) in [5, 5.41) is 9.03. The summed E-state index contributed by atoms with van der Waals surface area (Å²) < 4.78 is 5.38. The van der Waals surface area contributed by atoms with E-state index in [2.05, 4.69) is 11.9 Å². The quantitative estimate of drug-likeness (QED) is 0.907. The van der Waals surface area contributed by atoms with Crippen LogP contribution >= 0.6 is 0 Å². The Hall–Kier alpha value is -1.71. The van der Waals surface area contributed by atoms with Gasteiger partial charge in [-0.1, -0.05) is 12.1 Å². The van der Waals surface area contributed by atoms with Crippen LogP contribution in [0.4, 0.5) is 5.69 Å². The van der Waals surface area contributed by atoms with Gasteiger partial charge in [-0.2, -0.15) is 0 Å². The first-order valence-corrected chi connectivity index (χ1v) is 6.72. The summed E-state index contributed by atoms with van der Waals surface area (Å²) in [6.45, 7) is 0. The molecule has 4 nitrogen and oxygen atoms in total. The van der Waals surface area contributed by atoms with Crippen LogP contribution in [0.25, 0.3) is 0 Å². The normalized spacial score (nSPS) is 22.8. The van der Waals surface area contributed by atoms with Crippen molar-refractivity contribution in [3.63, 3.8) is 0 Å². The Morgan fingerprint density at radius 1 is 1.26 bits per heavy atom. The lowest BCUT2D eigenvalue weighted by molar-refractivity contribution is -0.142. The van der Waals surface area contributed by atoms with Crippen molar-refractivity contribution in [3.8, 4) is 5.75 Å². The molecule has 1 aromatic rings. The van der Waals surface area contributed by atoms with Gasteiger partial charge in [0.15, 0.2) is 0 Å². The fraction of sp³-hybridized carbons (Fsp3) is 0.533. The molecule has 1 aromatic carbocycles. The second-order valence-electron chi connectivity index (χ2n) is 5.13. The van der Waals surface area contributed by atoms with Gasteiger partial charge in [-0.25, -0.2) is 0 Å². The summed E-state index contributed by atoms with van der Waals surface area (Å²) in [5.41, 5.74) is 1.07. The molecule has 0 spiro atoms. The first kappa shape index (κ1) is 13.7. The predicted molar refractivity (Wildman–Crippen MR) is 74.8 cm³/mol. The maximum atomic E-state index is 11.0. The number of carboxylic acids is 1. The van der Waals surface area contributed by atoms with E-state index < -0.39 is 5.97 Å². The van der Waals surface area contributed by atoms with E-state index in [1.54, 1.807) is 7.11 Å². The molecule has 0 amide bonds. The number of rotatable bonds is 4. The monoisotopic (exact) mass is 263 g/mol. The second kappa shape index (κ2) is 5.95.